The van der Waals surface area contributed by atoms with Crippen molar-refractivity contribution in [3.8, 4) is 17.0 Å². The highest BCUT2D eigenvalue weighted by molar-refractivity contribution is 5.94. The number of carboxylic acids is 1. The Labute approximate surface area is 243 Å². The molecule has 2 aromatic heterocycles. The van der Waals surface area contributed by atoms with Crippen molar-refractivity contribution in [2.45, 2.75) is 50.1 Å². The maximum absolute atomic E-state index is 13.8. The molecule has 7 rings (SSSR count). The van der Waals surface area contributed by atoms with Gasteiger partial charge >= 0.3 is 12.1 Å². The monoisotopic (exact) mass is 593 g/mol. The number of nitrogens with zero attached hydrogens (tertiary/aromatic N) is 3. The largest absolute Gasteiger partial charge is 0.489 e. The fourth-order valence-electron chi connectivity index (χ4n) is 5.68. The highest BCUT2D eigenvalue weighted by atomic mass is 19.4. The normalized spacial score (nSPS) is 20.8. The molecule has 7 nitrogen and oxygen atoms in total. The molecule has 0 spiro atoms. The number of carbonyl (C=O) groups is 1. The maximum atomic E-state index is 13.8. The summed E-state index contributed by atoms with van der Waals surface area (Å²) in [6, 6.07) is 12.3. The summed E-state index contributed by atoms with van der Waals surface area (Å²) in [5.41, 5.74) is 1.27. The van der Waals surface area contributed by atoms with Crippen molar-refractivity contribution in [3.63, 3.8) is 0 Å². The molecule has 1 N–H and O–H groups in total. The highest BCUT2D eigenvalue weighted by Gasteiger charge is 2.37. The van der Waals surface area contributed by atoms with Gasteiger partial charge in [0.25, 0.3) is 0 Å². The zero-order valence-corrected chi connectivity index (χ0v) is 22.9. The number of hydrogen-bond donors (Lipinski definition) is 1. The van der Waals surface area contributed by atoms with Crippen LogP contribution in [0, 0.1) is 5.92 Å². The second-order valence-electron chi connectivity index (χ2n) is 11.5. The molecule has 0 unspecified atom stereocenters. The Balaban J connectivity index is 1.12. The van der Waals surface area contributed by atoms with Gasteiger partial charge in [-0.05, 0) is 37.1 Å². The second-order valence-corrected chi connectivity index (χ2v) is 11.5. The fourth-order valence-corrected chi connectivity index (χ4v) is 5.68. The Kier molecular flexibility index (Phi) is 6.63. The van der Waals surface area contributed by atoms with Crippen molar-refractivity contribution in [1.82, 2.24) is 10.1 Å². The minimum Gasteiger partial charge on any atom is -0.489 e. The van der Waals surface area contributed by atoms with Crippen molar-refractivity contribution >= 4 is 28.6 Å². The lowest BCUT2D eigenvalue weighted by Gasteiger charge is -2.40. The van der Waals surface area contributed by atoms with Crippen molar-refractivity contribution in [2.75, 3.05) is 18.0 Å². The fraction of sp³-hybridized carbons (Fsp3) is 0.344. The average molecular weight is 594 g/mol. The van der Waals surface area contributed by atoms with Crippen LogP contribution in [-0.4, -0.2) is 46.6 Å². The Morgan fingerprint density at radius 2 is 1.86 bits per heavy atom. The van der Waals surface area contributed by atoms with E-state index in [1.807, 2.05) is 24.3 Å². The number of rotatable bonds is 8. The van der Waals surface area contributed by atoms with E-state index in [0.29, 0.717) is 41.1 Å². The van der Waals surface area contributed by atoms with Gasteiger partial charge in [-0.15, -0.1) is 0 Å². The van der Waals surface area contributed by atoms with E-state index < -0.39 is 23.9 Å². The van der Waals surface area contributed by atoms with Crippen LogP contribution >= 0.6 is 0 Å². The van der Waals surface area contributed by atoms with E-state index in [1.165, 1.54) is 18.2 Å². The molecular formula is C32H27F4N3O4. The zero-order chi connectivity index (χ0) is 29.9. The van der Waals surface area contributed by atoms with Gasteiger partial charge in [0, 0.05) is 66.0 Å². The van der Waals surface area contributed by atoms with E-state index in [1.54, 1.807) is 12.1 Å². The molecule has 11 heteroatoms. The molecule has 1 saturated heterocycles. The number of aromatic carboxylic acids is 1. The molecule has 0 atom stereocenters. The number of alkyl halides is 4. The zero-order valence-electron chi connectivity index (χ0n) is 22.9. The number of hydrogen-bond acceptors (Lipinski definition) is 6. The van der Waals surface area contributed by atoms with Gasteiger partial charge in [0.15, 0.2) is 5.69 Å². The average Bonchev–Trinajstić information content (AvgIpc) is 3.70. The minimum absolute atomic E-state index is 0.00155. The number of halogens is 4. The van der Waals surface area contributed by atoms with Gasteiger partial charge in [0.05, 0.1) is 11.1 Å². The molecular weight excluding hydrogens is 566 g/mol. The summed E-state index contributed by atoms with van der Waals surface area (Å²) in [6.45, 7) is 1.34. The van der Waals surface area contributed by atoms with E-state index in [0.717, 1.165) is 24.6 Å². The van der Waals surface area contributed by atoms with Gasteiger partial charge in [-0.2, -0.15) is 13.2 Å². The lowest BCUT2D eigenvalue weighted by Crippen LogP contribution is -2.45. The van der Waals surface area contributed by atoms with Crippen LogP contribution in [0.4, 0.5) is 23.2 Å². The number of fused-ring (bicyclic) bond motifs is 1. The molecule has 222 valence electrons. The summed E-state index contributed by atoms with van der Waals surface area (Å²) in [7, 11) is 0. The number of anilines is 1. The van der Waals surface area contributed by atoms with Crippen molar-refractivity contribution < 1.29 is 36.7 Å². The third kappa shape index (κ3) is 5.32. The molecule has 43 heavy (non-hydrogen) atoms. The van der Waals surface area contributed by atoms with Crippen LogP contribution < -0.4 is 9.64 Å². The summed E-state index contributed by atoms with van der Waals surface area (Å²) < 4.78 is 66.2. The highest BCUT2D eigenvalue weighted by Crippen LogP contribution is 2.46. The van der Waals surface area contributed by atoms with Gasteiger partial charge in [-0.1, -0.05) is 35.5 Å². The maximum Gasteiger partial charge on any atom is 0.417 e. The second kappa shape index (κ2) is 10.4. The van der Waals surface area contributed by atoms with Crippen LogP contribution in [0.5, 0.6) is 5.75 Å². The molecule has 2 aliphatic carbocycles. The third-order valence-electron chi connectivity index (χ3n) is 8.31. The SMILES string of the molecule is O=C(O)c1cc(OC2CC(F)C2)c2cc(N3CC(/C=C/c4c(-c5ccccc5C(F)(F)F)noc4C4CC4)C3)ccc2n1. The van der Waals surface area contributed by atoms with E-state index in [4.69, 9.17) is 9.26 Å². The van der Waals surface area contributed by atoms with Gasteiger partial charge in [-0.25, -0.2) is 14.2 Å². The molecule has 3 fully saturated rings. The number of benzene rings is 2. The van der Waals surface area contributed by atoms with E-state index in [-0.39, 0.29) is 47.7 Å². The Hall–Kier alpha value is -4.41. The van der Waals surface area contributed by atoms with Crippen molar-refractivity contribution in [1.29, 1.82) is 0 Å². The number of aromatic nitrogens is 2. The van der Waals surface area contributed by atoms with Gasteiger partial charge < -0.3 is 19.3 Å². The van der Waals surface area contributed by atoms with Gasteiger partial charge in [0.2, 0.25) is 0 Å². The summed E-state index contributed by atoms with van der Waals surface area (Å²) in [4.78, 5) is 18.0. The van der Waals surface area contributed by atoms with E-state index >= 15 is 0 Å². The topological polar surface area (TPSA) is 88.7 Å². The Bertz CT molecular complexity index is 1730. The number of ether oxygens (including phenoxy) is 1. The summed E-state index contributed by atoms with van der Waals surface area (Å²) >= 11 is 0. The first-order valence-electron chi connectivity index (χ1n) is 14.2. The predicted octanol–water partition coefficient (Wildman–Crippen LogP) is 7.51. The smallest absolute Gasteiger partial charge is 0.417 e. The van der Waals surface area contributed by atoms with Gasteiger partial charge in [0.1, 0.15) is 29.5 Å². The predicted molar refractivity (Wildman–Crippen MR) is 151 cm³/mol. The summed E-state index contributed by atoms with van der Waals surface area (Å²) in [6.07, 6.45) is 0.465. The van der Waals surface area contributed by atoms with Crippen LogP contribution in [0.2, 0.25) is 0 Å². The van der Waals surface area contributed by atoms with Crippen LogP contribution in [0.3, 0.4) is 0 Å². The summed E-state index contributed by atoms with van der Waals surface area (Å²) in [5.74, 6) is 0.123. The molecule has 0 bridgehead atoms. The van der Waals surface area contributed by atoms with E-state index in [2.05, 4.69) is 15.0 Å². The quantitative estimate of drug-likeness (QED) is 0.212. The van der Waals surface area contributed by atoms with E-state index in [9.17, 15) is 27.5 Å². The standard InChI is InChI=1S/C32H27F4N3O4/c33-19-11-21(12-19)42-28-14-27(31(40)41)37-26-10-8-20(13-24(26)28)39-15-17(16-39)5-9-23-29(38-43-30(23)18-6-7-18)22-3-1-2-4-25(22)32(34,35)36/h1-5,8-10,13-14,17-19,21H,6-7,11-12,15-16H2,(H,40,41)/b9-5+. The lowest BCUT2D eigenvalue weighted by atomic mass is 9.93. The first-order valence-corrected chi connectivity index (χ1v) is 14.2. The van der Waals surface area contributed by atoms with Crippen LogP contribution in [0.25, 0.3) is 28.2 Å². The number of pyridine rings is 1. The molecule has 1 aliphatic heterocycles. The third-order valence-corrected chi connectivity index (χ3v) is 8.31. The molecule has 2 saturated carbocycles. The minimum atomic E-state index is -4.52. The van der Waals surface area contributed by atoms with Crippen LogP contribution in [-0.2, 0) is 6.18 Å². The molecule has 2 aromatic carbocycles. The summed E-state index contributed by atoms with van der Waals surface area (Å²) in [5, 5.41) is 14.2. The molecule has 3 heterocycles. The Morgan fingerprint density at radius 1 is 1.09 bits per heavy atom. The van der Waals surface area contributed by atoms with Crippen LogP contribution in [0.15, 0.2) is 59.1 Å². The first kappa shape index (κ1) is 27.4. The van der Waals surface area contributed by atoms with Crippen molar-refractivity contribution in [2.24, 2.45) is 5.92 Å². The lowest BCUT2D eigenvalue weighted by molar-refractivity contribution is -0.137. The molecule has 0 amide bonds. The van der Waals surface area contributed by atoms with Crippen molar-refractivity contribution in [3.05, 3.63) is 77.2 Å². The number of carboxylic acid groups (broad SMARTS) is 1. The molecule has 3 aliphatic rings. The van der Waals surface area contributed by atoms with Crippen LogP contribution in [0.1, 0.15) is 59.0 Å². The first-order chi connectivity index (χ1) is 20.6. The molecule has 4 aromatic rings. The van der Waals surface area contributed by atoms with Gasteiger partial charge in [-0.3, -0.25) is 0 Å². The molecule has 0 radical (unpaired) electrons. The Morgan fingerprint density at radius 3 is 2.56 bits per heavy atom.